The molecule has 5 heteroatoms. The smallest absolute Gasteiger partial charge is 0.335 e. The van der Waals surface area contributed by atoms with Crippen LogP contribution in [0.25, 0.3) is 0 Å². The van der Waals surface area contributed by atoms with Gasteiger partial charge in [0, 0.05) is 25.2 Å². The number of aromatic carboxylic acids is 1. The van der Waals surface area contributed by atoms with Crippen molar-refractivity contribution < 1.29 is 14.7 Å². The minimum atomic E-state index is -1.01. The normalized spacial score (nSPS) is 16.1. The van der Waals surface area contributed by atoms with Gasteiger partial charge in [-0.05, 0) is 31.2 Å². The van der Waals surface area contributed by atoms with Gasteiger partial charge in [0.15, 0.2) is 0 Å². The van der Waals surface area contributed by atoms with Crippen LogP contribution in [0, 0.1) is 0 Å². The number of carbonyl (C=O) groups is 2. The van der Waals surface area contributed by atoms with Crippen LogP contribution in [0.1, 0.15) is 27.1 Å². The van der Waals surface area contributed by atoms with Gasteiger partial charge in [0.2, 0.25) is 0 Å². The molecule has 0 radical (unpaired) electrons. The molecule has 1 saturated heterocycles. The molecular weight excluding hydrogens is 232 g/mol. The van der Waals surface area contributed by atoms with Crippen LogP contribution < -0.4 is 5.32 Å². The predicted molar refractivity (Wildman–Crippen MR) is 66.8 cm³/mol. The molecule has 1 amide bonds. The number of carboxylic acid groups (broad SMARTS) is 1. The molecule has 1 fully saturated rings. The second-order valence-corrected chi connectivity index (χ2v) is 4.28. The third-order valence-electron chi connectivity index (χ3n) is 2.98. The number of nitrogens with zero attached hydrogens (tertiary/aromatic N) is 1. The van der Waals surface area contributed by atoms with Crippen LogP contribution >= 0.6 is 0 Å². The minimum absolute atomic E-state index is 0.0956. The molecule has 1 aliphatic rings. The lowest BCUT2D eigenvalue weighted by Gasteiger charge is -2.20. The lowest BCUT2D eigenvalue weighted by Crippen LogP contribution is -2.34. The van der Waals surface area contributed by atoms with Gasteiger partial charge < -0.3 is 15.3 Å². The fourth-order valence-electron chi connectivity index (χ4n) is 2.02. The Morgan fingerprint density at radius 2 is 1.94 bits per heavy atom. The van der Waals surface area contributed by atoms with Crippen LogP contribution in [0.5, 0.6) is 0 Å². The fourth-order valence-corrected chi connectivity index (χ4v) is 2.02. The maximum Gasteiger partial charge on any atom is 0.335 e. The summed E-state index contributed by atoms with van der Waals surface area (Å²) in [5.41, 5.74) is 0.589. The molecule has 0 saturated carbocycles. The van der Waals surface area contributed by atoms with E-state index in [-0.39, 0.29) is 11.5 Å². The number of benzene rings is 1. The number of carboxylic acids is 1. The summed E-state index contributed by atoms with van der Waals surface area (Å²) in [6, 6.07) is 6.19. The van der Waals surface area contributed by atoms with Crippen LogP contribution in [0.3, 0.4) is 0 Å². The summed E-state index contributed by atoms with van der Waals surface area (Å²) >= 11 is 0. The van der Waals surface area contributed by atoms with Crippen LogP contribution in [-0.2, 0) is 0 Å². The predicted octanol–water partition coefficient (Wildman–Crippen LogP) is 0.820. The minimum Gasteiger partial charge on any atom is -0.478 e. The highest BCUT2D eigenvalue weighted by molar-refractivity contribution is 5.97. The zero-order valence-electron chi connectivity index (χ0n) is 10.1. The fraction of sp³-hybridized carbons (Fsp3) is 0.385. The summed E-state index contributed by atoms with van der Waals surface area (Å²) in [5.74, 6) is -1.11. The first-order valence-corrected chi connectivity index (χ1v) is 6.02. The lowest BCUT2D eigenvalue weighted by molar-refractivity contribution is 0.0697. The average molecular weight is 248 g/mol. The van der Waals surface area contributed by atoms with Gasteiger partial charge >= 0.3 is 5.97 Å². The summed E-state index contributed by atoms with van der Waals surface area (Å²) in [5, 5.41) is 12.1. The molecule has 5 nitrogen and oxygen atoms in total. The second-order valence-electron chi connectivity index (χ2n) is 4.28. The van der Waals surface area contributed by atoms with Gasteiger partial charge in [-0.3, -0.25) is 4.79 Å². The maximum absolute atomic E-state index is 12.2. The first-order chi connectivity index (χ1) is 8.68. The summed E-state index contributed by atoms with van der Waals surface area (Å²) in [7, 11) is 0. The Morgan fingerprint density at radius 3 is 2.72 bits per heavy atom. The zero-order chi connectivity index (χ0) is 13.0. The first kappa shape index (κ1) is 12.6. The maximum atomic E-state index is 12.2. The lowest BCUT2D eigenvalue weighted by atomic mass is 10.1. The molecule has 1 aliphatic heterocycles. The van der Waals surface area contributed by atoms with Crippen LogP contribution in [0.4, 0.5) is 0 Å². The zero-order valence-corrected chi connectivity index (χ0v) is 10.1. The molecule has 2 N–H and O–H groups in total. The topological polar surface area (TPSA) is 69.6 Å². The van der Waals surface area contributed by atoms with Crippen molar-refractivity contribution in [3.8, 4) is 0 Å². The monoisotopic (exact) mass is 248 g/mol. The van der Waals surface area contributed by atoms with E-state index in [0.29, 0.717) is 18.7 Å². The van der Waals surface area contributed by atoms with Crippen molar-refractivity contribution in [1.82, 2.24) is 10.2 Å². The summed E-state index contributed by atoms with van der Waals surface area (Å²) in [4.78, 5) is 24.9. The highest BCUT2D eigenvalue weighted by Gasteiger charge is 2.17. The largest absolute Gasteiger partial charge is 0.478 e. The molecule has 1 heterocycles. The van der Waals surface area contributed by atoms with Crippen molar-refractivity contribution in [2.24, 2.45) is 0 Å². The molecule has 0 bridgehead atoms. The summed E-state index contributed by atoms with van der Waals surface area (Å²) in [6.07, 6.45) is 0.921. The number of amides is 1. The summed E-state index contributed by atoms with van der Waals surface area (Å²) < 4.78 is 0. The number of carbonyl (C=O) groups excluding carboxylic acids is 1. The van der Waals surface area contributed by atoms with E-state index in [4.69, 9.17) is 5.11 Å². The molecule has 0 aliphatic carbocycles. The molecule has 0 aromatic heterocycles. The van der Waals surface area contributed by atoms with Gasteiger partial charge in [-0.1, -0.05) is 6.07 Å². The van der Waals surface area contributed by atoms with Gasteiger partial charge in [0.1, 0.15) is 0 Å². The highest BCUT2D eigenvalue weighted by Crippen LogP contribution is 2.10. The van der Waals surface area contributed by atoms with E-state index < -0.39 is 5.97 Å². The number of rotatable bonds is 2. The Kier molecular flexibility index (Phi) is 3.94. The quantitative estimate of drug-likeness (QED) is 0.813. The number of nitrogens with one attached hydrogen (secondary N) is 1. The van der Waals surface area contributed by atoms with Crippen LogP contribution in [0.2, 0.25) is 0 Å². The van der Waals surface area contributed by atoms with Crippen molar-refractivity contribution in [1.29, 1.82) is 0 Å². The second kappa shape index (κ2) is 5.64. The Morgan fingerprint density at radius 1 is 1.17 bits per heavy atom. The van der Waals surface area contributed by atoms with Crippen molar-refractivity contribution >= 4 is 11.9 Å². The van der Waals surface area contributed by atoms with Gasteiger partial charge in [-0.2, -0.15) is 0 Å². The standard InChI is InChI=1S/C13H16N2O3/c16-12(15-7-2-5-14-6-8-15)10-3-1-4-11(9-10)13(17)18/h1,3-4,9,14H,2,5-8H2,(H,17,18). The highest BCUT2D eigenvalue weighted by atomic mass is 16.4. The summed E-state index contributed by atoms with van der Waals surface area (Å²) in [6.45, 7) is 3.07. The number of hydrogen-bond donors (Lipinski definition) is 2. The third kappa shape index (κ3) is 2.87. The molecule has 0 unspecified atom stereocenters. The van der Waals surface area contributed by atoms with E-state index in [1.807, 2.05) is 0 Å². The Balaban J connectivity index is 2.16. The van der Waals surface area contributed by atoms with Crippen molar-refractivity contribution in [3.63, 3.8) is 0 Å². The van der Waals surface area contributed by atoms with Crippen molar-refractivity contribution in [2.75, 3.05) is 26.2 Å². The van der Waals surface area contributed by atoms with Crippen LogP contribution in [0.15, 0.2) is 24.3 Å². The Hall–Kier alpha value is -1.88. The van der Waals surface area contributed by atoms with E-state index in [2.05, 4.69) is 5.32 Å². The van der Waals surface area contributed by atoms with E-state index >= 15 is 0 Å². The Bertz CT molecular complexity index is 451. The molecule has 1 aromatic carbocycles. The molecule has 18 heavy (non-hydrogen) atoms. The van der Waals surface area contributed by atoms with Crippen molar-refractivity contribution in [3.05, 3.63) is 35.4 Å². The van der Waals surface area contributed by atoms with Crippen LogP contribution in [-0.4, -0.2) is 48.1 Å². The van der Waals surface area contributed by atoms with E-state index in [1.165, 1.54) is 12.1 Å². The molecule has 0 spiro atoms. The molecule has 1 aromatic rings. The Labute approximate surface area is 105 Å². The first-order valence-electron chi connectivity index (χ1n) is 6.02. The van der Waals surface area contributed by atoms with Gasteiger partial charge in [-0.25, -0.2) is 4.79 Å². The SMILES string of the molecule is O=C(O)c1cccc(C(=O)N2CCCNCC2)c1. The molecule has 0 atom stereocenters. The molecular formula is C13H16N2O3. The number of hydrogen-bond acceptors (Lipinski definition) is 3. The van der Waals surface area contributed by atoms with Crippen molar-refractivity contribution in [2.45, 2.75) is 6.42 Å². The third-order valence-corrected chi connectivity index (χ3v) is 2.98. The van der Waals surface area contributed by atoms with Gasteiger partial charge in [0.05, 0.1) is 5.56 Å². The van der Waals surface area contributed by atoms with Gasteiger partial charge in [0.25, 0.3) is 5.91 Å². The van der Waals surface area contributed by atoms with E-state index in [1.54, 1.807) is 17.0 Å². The van der Waals surface area contributed by atoms with Gasteiger partial charge in [-0.15, -0.1) is 0 Å². The van der Waals surface area contributed by atoms with E-state index in [0.717, 1.165) is 19.5 Å². The average Bonchev–Trinajstić information content (AvgIpc) is 2.67. The molecule has 2 rings (SSSR count). The van der Waals surface area contributed by atoms with E-state index in [9.17, 15) is 9.59 Å². The molecule has 96 valence electrons.